The summed E-state index contributed by atoms with van der Waals surface area (Å²) >= 11 is 3.18. The Morgan fingerprint density at radius 1 is 1.56 bits per heavy atom. The lowest BCUT2D eigenvalue weighted by Crippen LogP contribution is -2.25. The Morgan fingerprint density at radius 2 is 2.25 bits per heavy atom. The molecule has 0 heterocycles. The third kappa shape index (κ3) is 3.68. The molecule has 1 rings (SSSR count). The smallest absolute Gasteiger partial charge is 0.141 e. The number of nitrogens with one attached hydrogen (secondary N) is 1. The molecule has 0 saturated carbocycles. The molecule has 1 aromatic rings. The summed E-state index contributed by atoms with van der Waals surface area (Å²) in [4.78, 5) is 11.7. The second-order valence-electron chi connectivity index (χ2n) is 3.84. The van der Waals surface area contributed by atoms with Crippen molar-refractivity contribution in [1.82, 2.24) is 5.32 Å². The maximum Gasteiger partial charge on any atom is 0.141 e. The van der Waals surface area contributed by atoms with E-state index in [4.69, 9.17) is 0 Å². The number of hydrogen-bond donors (Lipinski definition) is 1. The summed E-state index contributed by atoms with van der Waals surface area (Å²) in [6.45, 7) is 2.46. The number of Topliss-reactive ketones (excluding diaryl/α,β-unsaturated/α-hetero) is 1. The second kappa shape index (κ2) is 6.11. The van der Waals surface area contributed by atoms with Gasteiger partial charge in [-0.25, -0.2) is 4.39 Å². The van der Waals surface area contributed by atoms with Gasteiger partial charge in [-0.1, -0.05) is 28.9 Å². The van der Waals surface area contributed by atoms with Crippen LogP contribution in [0.4, 0.5) is 4.39 Å². The first-order valence-electron chi connectivity index (χ1n) is 5.16. The van der Waals surface area contributed by atoms with Crippen molar-refractivity contribution in [3.05, 3.63) is 34.1 Å². The molecule has 0 bridgehead atoms. The third-order valence-electron chi connectivity index (χ3n) is 2.44. The van der Waals surface area contributed by atoms with Crippen LogP contribution in [0, 0.1) is 11.7 Å². The molecule has 2 nitrogen and oxygen atoms in total. The molecule has 0 fully saturated rings. The molecule has 0 aliphatic carbocycles. The number of rotatable bonds is 5. The summed E-state index contributed by atoms with van der Waals surface area (Å²) in [6, 6.07) is 4.77. The van der Waals surface area contributed by atoms with E-state index in [-0.39, 0.29) is 23.9 Å². The van der Waals surface area contributed by atoms with Crippen LogP contribution in [-0.2, 0) is 11.2 Å². The van der Waals surface area contributed by atoms with Gasteiger partial charge in [0.05, 0.1) is 0 Å². The van der Waals surface area contributed by atoms with Gasteiger partial charge in [0, 0.05) is 23.4 Å². The van der Waals surface area contributed by atoms with Crippen molar-refractivity contribution in [2.45, 2.75) is 13.3 Å². The van der Waals surface area contributed by atoms with E-state index in [0.29, 0.717) is 16.6 Å². The van der Waals surface area contributed by atoms with Crippen LogP contribution in [0.15, 0.2) is 22.7 Å². The van der Waals surface area contributed by atoms with E-state index < -0.39 is 0 Å². The fraction of sp³-hybridized carbons (Fsp3) is 0.417. The largest absolute Gasteiger partial charge is 0.319 e. The fourth-order valence-corrected chi connectivity index (χ4v) is 1.78. The molecular formula is C12H15BrFNO. The number of hydrogen-bond acceptors (Lipinski definition) is 2. The van der Waals surface area contributed by atoms with Crippen molar-refractivity contribution in [2.24, 2.45) is 5.92 Å². The van der Waals surface area contributed by atoms with Gasteiger partial charge in [-0.15, -0.1) is 0 Å². The van der Waals surface area contributed by atoms with Crippen LogP contribution in [-0.4, -0.2) is 19.4 Å². The minimum Gasteiger partial charge on any atom is -0.319 e. The van der Waals surface area contributed by atoms with Gasteiger partial charge in [0.2, 0.25) is 0 Å². The first-order valence-corrected chi connectivity index (χ1v) is 5.95. The SMILES string of the molecule is CNCC(C)C(=O)Cc1ccc(Br)cc1F. The molecule has 1 unspecified atom stereocenters. The van der Waals surface area contributed by atoms with Gasteiger partial charge < -0.3 is 5.32 Å². The first kappa shape index (κ1) is 13.3. The second-order valence-corrected chi connectivity index (χ2v) is 4.75. The normalized spacial score (nSPS) is 12.5. The van der Waals surface area contributed by atoms with Gasteiger partial charge in [-0.3, -0.25) is 4.79 Å². The Balaban J connectivity index is 2.69. The Labute approximate surface area is 103 Å². The number of carbonyl (C=O) groups is 1. The van der Waals surface area contributed by atoms with Gasteiger partial charge in [-0.2, -0.15) is 0 Å². The van der Waals surface area contributed by atoms with Crippen molar-refractivity contribution >= 4 is 21.7 Å². The lowest BCUT2D eigenvalue weighted by atomic mass is 9.99. The monoisotopic (exact) mass is 287 g/mol. The highest BCUT2D eigenvalue weighted by Gasteiger charge is 2.14. The number of benzene rings is 1. The predicted molar refractivity (Wildman–Crippen MR) is 65.9 cm³/mol. The molecule has 0 aliphatic rings. The molecule has 0 aliphatic heterocycles. The summed E-state index contributed by atoms with van der Waals surface area (Å²) in [6.07, 6.45) is 0.155. The van der Waals surface area contributed by atoms with Crippen molar-refractivity contribution in [2.75, 3.05) is 13.6 Å². The summed E-state index contributed by atoms with van der Waals surface area (Å²) in [5.41, 5.74) is 0.455. The number of carbonyl (C=O) groups excluding carboxylic acids is 1. The van der Waals surface area contributed by atoms with E-state index in [2.05, 4.69) is 21.2 Å². The molecule has 4 heteroatoms. The van der Waals surface area contributed by atoms with E-state index in [0.717, 1.165) is 0 Å². The van der Waals surface area contributed by atoms with Crippen molar-refractivity contribution in [3.63, 3.8) is 0 Å². The average molecular weight is 288 g/mol. The van der Waals surface area contributed by atoms with E-state index >= 15 is 0 Å². The van der Waals surface area contributed by atoms with Crippen LogP contribution in [0.2, 0.25) is 0 Å². The topological polar surface area (TPSA) is 29.1 Å². The van der Waals surface area contributed by atoms with Crippen molar-refractivity contribution < 1.29 is 9.18 Å². The number of halogens is 2. The third-order valence-corrected chi connectivity index (χ3v) is 2.93. The molecule has 1 N–H and O–H groups in total. The first-order chi connectivity index (χ1) is 7.54. The fourth-order valence-electron chi connectivity index (χ4n) is 1.45. The highest BCUT2D eigenvalue weighted by Crippen LogP contribution is 2.16. The van der Waals surface area contributed by atoms with E-state index in [1.807, 2.05) is 6.92 Å². The molecule has 16 heavy (non-hydrogen) atoms. The van der Waals surface area contributed by atoms with Crippen LogP contribution < -0.4 is 5.32 Å². The lowest BCUT2D eigenvalue weighted by Gasteiger charge is -2.10. The Hall–Kier alpha value is -0.740. The molecule has 0 spiro atoms. The molecule has 0 amide bonds. The van der Waals surface area contributed by atoms with E-state index in [1.165, 1.54) is 6.07 Å². The van der Waals surface area contributed by atoms with Gasteiger partial charge in [0.15, 0.2) is 0 Å². The van der Waals surface area contributed by atoms with Gasteiger partial charge >= 0.3 is 0 Å². The molecule has 0 aromatic heterocycles. The van der Waals surface area contributed by atoms with Gasteiger partial charge in [0.25, 0.3) is 0 Å². The van der Waals surface area contributed by atoms with Crippen LogP contribution in [0.25, 0.3) is 0 Å². The van der Waals surface area contributed by atoms with Crippen LogP contribution in [0.3, 0.4) is 0 Å². The van der Waals surface area contributed by atoms with Crippen molar-refractivity contribution in [3.8, 4) is 0 Å². The zero-order chi connectivity index (χ0) is 12.1. The maximum atomic E-state index is 13.5. The average Bonchev–Trinajstić information content (AvgIpc) is 2.22. The Morgan fingerprint density at radius 3 is 2.81 bits per heavy atom. The lowest BCUT2D eigenvalue weighted by molar-refractivity contribution is -0.121. The minimum absolute atomic E-state index is 0.0515. The molecule has 0 radical (unpaired) electrons. The van der Waals surface area contributed by atoms with E-state index in [1.54, 1.807) is 19.2 Å². The molecule has 88 valence electrons. The Kier molecular flexibility index (Phi) is 5.09. The van der Waals surface area contributed by atoms with Crippen LogP contribution in [0.5, 0.6) is 0 Å². The van der Waals surface area contributed by atoms with Gasteiger partial charge in [0.1, 0.15) is 11.6 Å². The van der Waals surface area contributed by atoms with Crippen LogP contribution >= 0.6 is 15.9 Å². The molecule has 0 saturated heterocycles. The summed E-state index contributed by atoms with van der Waals surface area (Å²) < 4.78 is 14.1. The maximum absolute atomic E-state index is 13.5. The molecular weight excluding hydrogens is 273 g/mol. The van der Waals surface area contributed by atoms with Gasteiger partial charge in [-0.05, 0) is 24.7 Å². The quantitative estimate of drug-likeness (QED) is 0.902. The summed E-state index contributed by atoms with van der Waals surface area (Å²) in [5.74, 6) is -0.372. The van der Waals surface area contributed by atoms with E-state index in [9.17, 15) is 9.18 Å². The number of ketones is 1. The minimum atomic E-state index is -0.334. The van der Waals surface area contributed by atoms with Crippen LogP contribution in [0.1, 0.15) is 12.5 Å². The highest BCUT2D eigenvalue weighted by molar-refractivity contribution is 9.10. The zero-order valence-electron chi connectivity index (χ0n) is 9.39. The van der Waals surface area contributed by atoms with Crippen molar-refractivity contribution in [1.29, 1.82) is 0 Å². The standard InChI is InChI=1S/C12H15BrFNO/c1-8(7-15-2)12(16)5-9-3-4-10(13)6-11(9)14/h3-4,6,8,15H,5,7H2,1-2H3. The highest BCUT2D eigenvalue weighted by atomic mass is 79.9. The Bertz CT molecular complexity index is 381. The predicted octanol–water partition coefficient (Wildman–Crippen LogP) is 2.56. The molecule has 1 atom stereocenters. The zero-order valence-corrected chi connectivity index (χ0v) is 11.0. The summed E-state index contributed by atoms with van der Waals surface area (Å²) in [5, 5.41) is 2.94. The molecule has 1 aromatic carbocycles. The summed E-state index contributed by atoms with van der Waals surface area (Å²) in [7, 11) is 1.80.